The molecule has 0 radical (unpaired) electrons. The second-order valence-corrected chi connectivity index (χ2v) is 7.20. The minimum absolute atomic E-state index is 0.484. The molecule has 0 heterocycles. The molecular weight excluding hydrogens is 364 g/mol. The molecule has 0 bridgehead atoms. The van der Waals surface area contributed by atoms with Crippen molar-refractivity contribution in [1.82, 2.24) is 5.32 Å². The highest BCUT2D eigenvalue weighted by Crippen LogP contribution is 2.22. The largest absolute Gasteiger partial charge is 0.344 e. The number of rotatable bonds is 6. The van der Waals surface area contributed by atoms with E-state index in [0.29, 0.717) is 5.92 Å². The molecule has 0 saturated carbocycles. The number of benzene rings is 3. The van der Waals surface area contributed by atoms with Crippen molar-refractivity contribution in [2.75, 3.05) is 6.54 Å². The summed E-state index contributed by atoms with van der Waals surface area (Å²) in [6, 6.07) is 31.5. The summed E-state index contributed by atoms with van der Waals surface area (Å²) < 4.78 is 0. The standard InChI is InChI=1S/C14H20N2.C14H14/c1-4-11-15-12(3)16-14(5-2)13-9-7-6-8-10-13;1-12(13-8-4-2-5-9-13)14-10-6-3-7-11-14/h5-10H,4,11H2,1-3H3,(H,15,16);2-12H,1H3/b14-5-;. The van der Waals surface area contributed by atoms with Crippen LogP contribution in [-0.2, 0) is 0 Å². The molecule has 156 valence electrons. The van der Waals surface area contributed by atoms with E-state index >= 15 is 0 Å². The quantitative estimate of drug-likeness (QED) is 0.342. The first-order valence-electron chi connectivity index (χ1n) is 10.7. The van der Waals surface area contributed by atoms with Gasteiger partial charge in [-0.25, -0.2) is 0 Å². The number of hydrogen-bond donors (Lipinski definition) is 1. The molecule has 2 heteroatoms. The van der Waals surface area contributed by atoms with Gasteiger partial charge in [0, 0.05) is 18.2 Å². The Morgan fingerprint density at radius 3 is 1.73 bits per heavy atom. The fourth-order valence-electron chi connectivity index (χ4n) is 3.12. The van der Waals surface area contributed by atoms with E-state index in [4.69, 9.17) is 0 Å². The molecule has 1 N–H and O–H groups in total. The molecule has 3 aromatic rings. The number of allylic oxidation sites excluding steroid dienone is 1. The van der Waals surface area contributed by atoms with Crippen LogP contribution in [0.3, 0.4) is 0 Å². The van der Waals surface area contributed by atoms with Gasteiger partial charge in [-0.3, -0.25) is 4.99 Å². The number of aliphatic imine (C=N–C) groups is 1. The van der Waals surface area contributed by atoms with Gasteiger partial charge in [-0.2, -0.15) is 0 Å². The Hall–Kier alpha value is -3.13. The Labute approximate surface area is 182 Å². The third-order valence-corrected chi connectivity index (χ3v) is 4.86. The summed E-state index contributed by atoms with van der Waals surface area (Å²) in [5, 5.41) is 3.33. The lowest BCUT2D eigenvalue weighted by Crippen LogP contribution is -2.19. The first-order chi connectivity index (χ1) is 14.7. The predicted molar refractivity (Wildman–Crippen MR) is 132 cm³/mol. The Kier molecular flexibility index (Phi) is 10.2. The van der Waals surface area contributed by atoms with Gasteiger partial charge < -0.3 is 5.32 Å². The van der Waals surface area contributed by atoms with Crippen molar-refractivity contribution >= 4 is 11.5 Å². The molecule has 0 fully saturated rings. The molecule has 0 aliphatic rings. The van der Waals surface area contributed by atoms with Crippen LogP contribution in [0.1, 0.15) is 56.7 Å². The van der Waals surface area contributed by atoms with Gasteiger partial charge in [0.05, 0.1) is 5.84 Å². The number of amidine groups is 1. The van der Waals surface area contributed by atoms with Crippen LogP contribution in [0.4, 0.5) is 0 Å². The Balaban J connectivity index is 0.000000215. The minimum Gasteiger partial charge on any atom is -0.344 e. The first-order valence-corrected chi connectivity index (χ1v) is 10.7. The maximum absolute atomic E-state index is 4.42. The molecule has 3 rings (SSSR count). The molecule has 0 atom stereocenters. The van der Waals surface area contributed by atoms with Crippen molar-refractivity contribution in [2.45, 2.75) is 40.0 Å². The van der Waals surface area contributed by atoms with Crippen LogP contribution >= 0.6 is 0 Å². The molecule has 30 heavy (non-hydrogen) atoms. The second kappa shape index (κ2) is 13.2. The normalized spacial score (nSPS) is 11.6. The first kappa shape index (κ1) is 23.2. The Morgan fingerprint density at radius 1 is 0.833 bits per heavy atom. The highest BCUT2D eigenvalue weighted by Gasteiger charge is 2.05. The van der Waals surface area contributed by atoms with Gasteiger partial charge in [-0.05, 0) is 37.0 Å². The lowest BCUT2D eigenvalue weighted by Gasteiger charge is -2.11. The Bertz CT molecular complexity index is 858. The lowest BCUT2D eigenvalue weighted by atomic mass is 9.93. The van der Waals surface area contributed by atoms with Gasteiger partial charge in [0.1, 0.15) is 0 Å². The fraction of sp³-hybridized carbons (Fsp3) is 0.250. The van der Waals surface area contributed by atoms with Crippen LogP contribution in [0.25, 0.3) is 5.70 Å². The molecular formula is C28H34N2. The molecule has 0 amide bonds. The van der Waals surface area contributed by atoms with E-state index in [1.54, 1.807) is 0 Å². The predicted octanol–water partition coefficient (Wildman–Crippen LogP) is 7.30. The van der Waals surface area contributed by atoms with E-state index in [9.17, 15) is 0 Å². The summed E-state index contributed by atoms with van der Waals surface area (Å²) >= 11 is 0. The van der Waals surface area contributed by atoms with Crippen LogP contribution < -0.4 is 5.32 Å². The summed E-state index contributed by atoms with van der Waals surface area (Å²) in [7, 11) is 0. The molecule has 0 aliphatic heterocycles. The van der Waals surface area contributed by atoms with Gasteiger partial charge in [0.25, 0.3) is 0 Å². The SMILES string of the molecule is C/C=C(\NC(C)=NCCC)c1ccccc1.CC(c1ccccc1)c1ccccc1. The maximum Gasteiger partial charge on any atom is 0.0975 e. The van der Waals surface area contributed by atoms with E-state index in [-0.39, 0.29) is 0 Å². The van der Waals surface area contributed by atoms with Crippen LogP contribution in [-0.4, -0.2) is 12.4 Å². The van der Waals surface area contributed by atoms with Crippen LogP contribution in [0.15, 0.2) is 102 Å². The molecule has 0 aliphatic carbocycles. The zero-order valence-electron chi connectivity index (χ0n) is 18.7. The highest BCUT2D eigenvalue weighted by molar-refractivity contribution is 5.88. The molecule has 0 saturated heterocycles. The minimum atomic E-state index is 0.484. The smallest absolute Gasteiger partial charge is 0.0975 e. The molecule has 0 unspecified atom stereocenters. The van der Waals surface area contributed by atoms with Gasteiger partial charge >= 0.3 is 0 Å². The molecule has 2 nitrogen and oxygen atoms in total. The summed E-state index contributed by atoms with van der Waals surface area (Å²) in [6.45, 7) is 9.28. The van der Waals surface area contributed by atoms with Crippen LogP contribution in [0.2, 0.25) is 0 Å². The fourth-order valence-corrected chi connectivity index (χ4v) is 3.12. The summed E-state index contributed by atoms with van der Waals surface area (Å²) in [6.07, 6.45) is 3.15. The average molecular weight is 399 g/mol. The average Bonchev–Trinajstić information content (AvgIpc) is 2.83. The third kappa shape index (κ3) is 7.71. The van der Waals surface area contributed by atoms with Crippen molar-refractivity contribution < 1.29 is 0 Å². The lowest BCUT2D eigenvalue weighted by molar-refractivity contribution is 0.922. The van der Waals surface area contributed by atoms with E-state index in [1.807, 2.05) is 32.0 Å². The van der Waals surface area contributed by atoms with Crippen molar-refractivity contribution in [3.63, 3.8) is 0 Å². The third-order valence-electron chi connectivity index (χ3n) is 4.86. The monoisotopic (exact) mass is 398 g/mol. The van der Waals surface area contributed by atoms with Crippen LogP contribution in [0.5, 0.6) is 0 Å². The molecule has 0 spiro atoms. The number of nitrogens with zero attached hydrogens (tertiary/aromatic N) is 1. The second-order valence-electron chi connectivity index (χ2n) is 7.20. The zero-order valence-corrected chi connectivity index (χ0v) is 18.7. The van der Waals surface area contributed by atoms with E-state index in [0.717, 1.165) is 24.5 Å². The zero-order chi connectivity index (χ0) is 21.6. The molecule has 0 aromatic heterocycles. The van der Waals surface area contributed by atoms with Crippen molar-refractivity contribution in [3.05, 3.63) is 114 Å². The highest BCUT2D eigenvalue weighted by atomic mass is 15.0. The Morgan fingerprint density at radius 2 is 1.30 bits per heavy atom. The number of nitrogens with one attached hydrogen (secondary N) is 1. The van der Waals surface area contributed by atoms with Gasteiger partial charge in [0.2, 0.25) is 0 Å². The summed E-state index contributed by atoms with van der Waals surface area (Å²) in [4.78, 5) is 4.42. The van der Waals surface area contributed by atoms with Gasteiger partial charge in [-0.1, -0.05) is 111 Å². The molecule has 3 aromatic carbocycles. The summed E-state index contributed by atoms with van der Waals surface area (Å²) in [5.41, 5.74) is 5.05. The van der Waals surface area contributed by atoms with Gasteiger partial charge in [0.15, 0.2) is 0 Å². The maximum atomic E-state index is 4.42. The van der Waals surface area contributed by atoms with Crippen molar-refractivity contribution in [2.24, 2.45) is 4.99 Å². The van der Waals surface area contributed by atoms with E-state index in [1.165, 1.54) is 16.7 Å². The number of hydrogen-bond acceptors (Lipinski definition) is 1. The van der Waals surface area contributed by atoms with Crippen molar-refractivity contribution in [1.29, 1.82) is 0 Å². The summed E-state index contributed by atoms with van der Waals surface area (Å²) in [5.74, 6) is 1.45. The van der Waals surface area contributed by atoms with Crippen molar-refractivity contribution in [3.8, 4) is 0 Å². The topological polar surface area (TPSA) is 24.4 Å². The van der Waals surface area contributed by atoms with E-state index < -0.39 is 0 Å². The van der Waals surface area contributed by atoms with E-state index in [2.05, 4.69) is 103 Å². The van der Waals surface area contributed by atoms with Gasteiger partial charge in [-0.15, -0.1) is 0 Å². The van der Waals surface area contributed by atoms with Crippen LogP contribution in [0, 0.1) is 0 Å².